The molecule has 0 saturated carbocycles. The molecule has 0 bridgehead atoms. The number of anilines is 2. The Morgan fingerprint density at radius 2 is 1.86 bits per heavy atom. The fourth-order valence-electron chi connectivity index (χ4n) is 2.79. The van der Waals surface area contributed by atoms with Crippen LogP contribution in [0.3, 0.4) is 0 Å². The van der Waals surface area contributed by atoms with Crippen molar-refractivity contribution in [1.82, 2.24) is 0 Å². The van der Waals surface area contributed by atoms with Crippen molar-refractivity contribution in [3.05, 3.63) is 59.7 Å². The van der Waals surface area contributed by atoms with Crippen LogP contribution in [0.1, 0.15) is 29.3 Å². The van der Waals surface area contributed by atoms with Crippen molar-refractivity contribution in [3.8, 4) is 0 Å². The van der Waals surface area contributed by atoms with Gasteiger partial charge in [0.15, 0.2) is 0 Å². The van der Waals surface area contributed by atoms with Gasteiger partial charge in [0.1, 0.15) is 0 Å². The summed E-state index contributed by atoms with van der Waals surface area (Å²) in [7, 11) is 0. The number of nitrogens with one attached hydrogen (secondary N) is 1. The van der Waals surface area contributed by atoms with Crippen LogP contribution in [-0.2, 0) is 11.2 Å². The number of rotatable bonds is 2. The van der Waals surface area contributed by atoms with Gasteiger partial charge in [-0.05, 0) is 48.7 Å². The molecule has 2 aromatic carbocycles. The van der Waals surface area contributed by atoms with Gasteiger partial charge < -0.3 is 10.2 Å². The second-order valence-corrected chi connectivity index (χ2v) is 5.44. The number of carbonyl (C=O) groups excluding carboxylic acids is 2. The van der Waals surface area contributed by atoms with Gasteiger partial charge in [0.25, 0.3) is 5.91 Å². The topological polar surface area (TPSA) is 49.4 Å². The maximum atomic E-state index is 12.2. The largest absolute Gasteiger partial charge is 0.322 e. The molecular weight excluding hydrogens is 276 g/mol. The molecule has 0 radical (unpaired) electrons. The summed E-state index contributed by atoms with van der Waals surface area (Å²) >= 11 is 0. The molecule has 1 N–H and O–H groups in total. The molecule has 2 aromatic rings. The maximum absolute atomic E-state index is 12.2. The minimum atomic E-state index is -0.125. The summed E-state index contributed by atoms with van der Waals surface area (Å²) < 4.78 is 0. The highest BCUT2D eigenvalue weighted by Crippen LogP contribution is 2.29. The monoisotopic (exact) mass is 294 g/mol. The van der Waals surface area contributed by atoms with Crippen LogP contribution >= 0.6 is 0 Å². The van der Waals surface area contributed by atoms with Crippen molar-refractivity contribution in [2.75, 3.05) is 16.8 Å². The van der Waals surface area contributed by atoms with Crippen molar-refractivity contribution in [2.24, 2.45) is 0 Å². The summed E-state index contributed by atoms with van der Waals surface area (Å²) in [6, 6.07) is 14.9. The number of fused-ring (bicyclic) bond motifs is 1. The van der Waals surface area contributed by atoms with Gasteiger partial charge in [0, 0.05) is 30.4 Å². The van der Waals surface area contributed by atoms with Crippen LogP contribution in [0.5, 0.6) is 0 Å². The van der Waals surface area contributed by atoms with Gasteiger partial charge in [0.2, 0.25) is 5.91 Å². The number of nitrogens with zero attached hydrogens (tertiary/aromatic N) is 1. The molecule has 3 rings (SSSR count). The van der Waals surface area contributed by atoms with Crippen molar-refractivity contribution in [2.45, 2.75) is 19.8 Å². The predicted octanol–water partition coefficient (Wildman–Crippen LogP) is 3.24. The number of hydrogen-bond acceptors (Lipinski definition) is 2. The molecule has 0 aliphatic carbocycles. The third-order valence-corrected chi connectivity index (χ3v) is 3.87. The van der Waals surface area contributed by atoms with Crippen LogP contribution in [0, 0.1) is 0 Å². The summed E-state index contributed by atoms with van der Waals surface area (Å²) in [4.78, 5) is 25.6. The van der Waals surface area contributed by atoms with Gasteiger partial charge >= 0.3 is 0 Å². The number of carbonyl (C=O) groups is 2. The van der Waals surface area contributed by atoms with E-state index >= 15 is 0 Å². The molecule has 0 saturated heterocycles. The first kappa shape index (κ1) is 14.3. The Morgan fingerprint density at radius 3 is 2.59 bits per heavy atom. The van der Waals surface area contributed by atoms with Gasteiger partial charge in [-0.1, -0.05) is 18.2 Å². The normalized spacial score (nSPS) is 13.4. The molecule has 1 aliphatic heterocycles. The highest BCUT2D eigenvalue weighted by atomic mass is 16.2. The Labute approximate surface area is 129 Å². The maximum Gasteiger partial charge on any atom is 0.255 e. The van der Waals surface area contributed by atoms with E-state index in [9.17, 15) is 9.59 Å². The molecule has 22 heavy (non-hydrogen) atoms. The van der Waals surface area contributed by atoms with Crippen molar-refractivity contribution in [1.29, 1.82) is 0 Å². The Hall–Kier alpha value is -2.62. The van der Waals surface area contributed by atoms with E-state index < -0.39 is 0 Å². The zero-order valence-corrected chi connectivity index (χ0v) is 12.5. The standard InChI is InChI=1S/C18H18N2O2/c1-13(21)20-11-5-8-15-12-16(9-10-17(15)20)19-18(22)14-6-3-2-4-7-14/h2-4,6-7,9-10,12H,5,8,11H2,1H3,(H,19,22). The van der Waals surface area contributed by atoms with Crippen molar-refractivity contribution >= 4 is 23.2 Å². The van der Waals surface area contributed by atoms with Crippen LogP contribution in [-0.4, -0.2) is 18.4 Å². The minimum Gasteiger partial charge on any atom is -0.322 e. The lowest BCUT2D eigenvalue weighted by Crippen LogP contribution is -2.33. The highest BCUT2D eigenvalue weighted by Gasteiger charge is 2.20. The molecule has 0 unspecified atom stereocenters. The molecule has 4 heteroatoms. The second kappa shape index (κ2) is 6.02. The van der Waals surface area contributed by atoms with Gasteiger partial charge in [-0.2, -0.15) is 0 Å². The lowest BCUT2D eigenvalue weighted by molar-refractivity contribution is -0.116. The molecule has 4 nitrogen and oxygen atoms in total. The number of benzene rings is 2. The molecule has 112 valence electrons. The SMILES string of the molecule is CC(=O)N1CCCc2cc(NC(=O)c3ccccc3)ccc21. The number of hydrogen-bond donors (Lipinski definition) is 1. The zero-order chi connectivity index (χ0) is 15.5. The van der Waals surface area contributed by atoms with E-state index in [-0.39, 0.29) is 11.8 Å². The smallest absolute Gasteiger partial charge is 0.255 e. The third-order valence-electron chi connectivity index (χ3n) is 3.87. The van der Waals surface area contributed by atoms with Gasteiger partial charge in [-0.3, -0.25) is 9.59 Å². The predicted molar refractivity (Wildman–Crippen MR) is 87.2 cm³/mol. The van der Waals surface area contributed by atoms with Crippen LogP contribution in [0.25, 0.3) is 0 Å². The third kappa shape index (κ3) is 2.86. The molecule has 0 spiro atoms. The van der Waals surface area contributed by atoms with Gasteiger partial charge in [-0.15, -0.1) is 0 Å². The fourth-order valence-corrected chi connectivity index (χ4v) is 2.79. The zero-order valence-electron chi connectivity index (χ0n) is 12.5. The van der Waals surface area contributed by atoms with E-state index in [2.05, 4.69) is 5.32 Å². The van der Waals surface area contributed by atoms with E-state index in [0.717, 1.165) is 36.3 Å². The van der Waals surface area contributed by atoms with Crippen LogP contribution in [0.2, 0.25) is 0 Å². The lowest BCUT2D eigenvalue weighted by Gasteiger charge is -2.29. The summed E-state index contributed by atoms with van der Waals surface area (Å²) in [5.74, 6) is -0.0678. The first-order chi connectivity index (χ1) is 10.6. The number of aryl methyl sites for hydroxylation is 1. The first-order valence-electron chi connectivity index (χ1n) is 7.42. The average molecular weight is 294 g/mol. The Kier molecular flexibility index (Phi) is 3.92. The fraction of sp³-hybridized carbons (Fsp3) is 0.222. The van der Waals surface area contributed by atoms with E-state index in [4.69, 9.17) is 0 Å². The van der Waals surface area contributed by atoms with E-state index in [0.29, 0.717) is 5.56 Å². The average Bonchev–Trinajstić information content (AvgIpc) is 2.54. The Balaban J connectivity index is 1.82. The first-order valence-corrected chi connectivity index (χ1v) is 7.42. The molecule has 1 aliphatic rings. The van der Waals surface area contributed by atoms with Crippen molar-refractivity contribution in [3.63, 3.8) is 0 Å². The van der Waals surface area contributed by atoms with Gasteiger partial charge in [0.05, 0.1) is 0 Å². The second-order valence-electron chi connectivity index (χ2n) is 5.44. The van der Waals surface area contributed by atoms with Crippen LogP contribution in [0.4, 0.5) is 11.4 Å². The summed E-state index contributed by atoms with van der Waals surface area (Å²) in [6.07, 6.45) is 1.87. The molecule has 0 aromatic heterocycles. The summed E-state index contributed by atoms with van der Waals surface area (Å²) in [5, 5.41) is 2.91. The molecular formula is C18H18N2O2. The lowest BCUT2D eigenvalue weighted by atomic mass is 10.0. The van der Waals surface area contributed by atoms with E-state index in [1.165, 1.54) is 0 Å². The minimum absolute atomic E-state index is 0.0574. The van der Waals surface area contributed by atoms with Crippen LogP contribution < -0.4 is 10.2 Å². The summed E-state index contributed by atoms with van der Waals surface area (Å²) in [5.41, 5.74) is 3.45. The molecule has 2 amide bonds. The van der Waals surface area contributed by atoms with E-state index in [1.54, 1.807) is 24.0 Å². The molecule has 0 atom stereocenters. The number of amides is 2. The molecule has 1 heterocycles. The quantitative estimate of drug-likeness (QED) is 0.924. The Morgan fingerprint density at radius 1 is 1.09 bits per heavy atom. The molecule has 0 fully saturated rings. The Bertz CT molecular complexity index is 710. The van der Waals surface area contributed by atoms with Crippen molar-refractivity contribution < 1.29 is 9.59 Å². The summed E-state index contributed by atoms with van der Waals surface area (Å²) in [6.45, 7) is 2.35. The highest BCUT2D eigenvalue weighted by molar-refractivity contribution is 6.04. The van der Waals surface area contributed by atoms with Crippen LogP contribution in [0.15, 0.2) is 48.5 Å². The van der Waals surface area contributed by atoms with E-state index in [1.807, 2.05) is 36.4 Å². The van der Waals surface area contributed by atoms with Gasteiger partial charge in [-0.25, -0.2) is 0 Å².